The van der Waals surface area contributed by atoms with Crippen LogP contribution in [-0.2, 0) is 26.2 Å². The summed E-state index contributed by atoms with van der Waals surface area (Å²) in [5.41, 5.74) is 0.0658. The van der Waals surface area contributed by atoms with Gasteiger partial charge in [-0.1, -0.05) is 32.5 Å². The number of thioether (sulfide) groups is 2. The number of allylic oxidation sites excluding steroid dienone is 1. The van der Waals surface area contributed by atoms with Crippen molar-refractivity contribution < 1.29 is 19.1 Å². The van der Waals surface area contributed by atoms with E-state index in [1.807, 2.05) is 0 Å². The van der Waals surface area contributed by atoms with Gasteiger partial charge < -0.3 is 4.74 Å². The first-order valence-electron chi connectivity index (χ1n) is 8.45. The topological polar surface area (TPSA) is 107 Å². The normalized spacial score (nSPS) is 24.7. The molecule has 9 nitrogen and oxygen atoms in total. The minimum absolute atomic E-state index is 0.105. The number of amides is 1. The molecule has 1 saturated heterocycles. The second kappa shape index (κ2) is 7.68. The van der Waals surface area contributed by atoms with Crippen LogP contribution in [0.3, 0.4) is 0 Å². The molecule has 2 aliphatic heterocycles. The molecule has 0 saturated carbocycles. The number of aryl methyl sites for hydroxylation is 1. The molecule has 0 bridgehead atoms. The molecule has 1 amide bonds. The molecule has 1 aromatic rings. The van der Waals surface area contributed by atoms with E-state index in [1.165, 1.54) is 40.0 Å². The summed E-state index contributed by atoms with van der Waals surface area (Å²) in [4.78, 5) is 38.5. The van der Waals surface area contributed by atoms with Crippen LogP contribution in [0.4, 0.5) is 0 Å². The van der Waals surface area contributed by atoms with Crippen LogP contribution in [0, 0.1) is 5.41 Å². The number of hydrogen-bond donors (Lipinski definition) is 0. The van der Waals surface area contributed by atoms with E-state index >= 15 is 0 Å². The second-order valence-corrected chi connectivity index (χ2v) is 10.5. The number of rotatable bonds is 5. The number of Topliss-reactive ketones (excluding diaryl/α,β-unsaturated/α-hetero) is 1. The van der Waals surface area contributed by atoms with Crippen LogP contribution >= 0.6 is 35.1 Å². The average molecular weight is 446 g/mol. The van der Waals surface area contributed by atoms with Crippen molar-refractivity contribution in [3.8, 4) is 0 Å². The highest BCUT2D eigenvalue weighted by molar-refractivity contribution is 8.17. The second-order valence-electron chi connectivity index (χ2n) is 7.40. The van der Waals surface area contributed by atoms with Crippen LogP contribution in [0.1, 0.15) is 27.7 Å². The average Bonchev–Trinajstić information content (AvgIpc) is 3.02. The summed E-state index contributed by atoms with van der Waals surface area (Å²) in [5, 5.41) is 10.9. The first kappa shape index (κ1) is 21.1. The van der Waals surface area contributed by atoms with Gasteiger partial charge in [-0.25, -0.2) is 4.68 Å². The van der Waals surface area contributed by atoms with Crippen molar-refractivity contribution in [2.45, 2.75) is 48.2 Å². The van der Waals surface area contributed by atoms with Gasteiger partial charge in [0.25, 0.3) is 0 Å². The summed E-state index contributed by atoms with van der Waals surface area (Å²) in [6.07, 6.45) is 0. The molecular weight excluding hydrogens is 426 g/mol. The number of fused-ring (bicyclic) bond motifs is 1. The van der Waals surface area contributed by atoms with E-state index in [1.54, 1.807) is 27.8 Å². The Morgan fingerprint density at radius 2 is 2.04 bits per heavy atom. The maximum atomic E-state index is 13.2. The highest BCUT2D eigenvalue weighted by Crippen LogP contribution is 2.51. The van der Waals surface area contributed by atoms with Crippen molar-refractivity contribution in [3.63, 3.8) is 0 Å². The number of ketones is 1. The number of hydrogen-bond acceptors (Lipinski definition) is 9. The van der Waals surface area contributed by atoms with Crippen LogP contribution in [-0.4, -0.2) is 64.7 Å². The van der Waals surface area contributed by atoms with Gasteiger partial charge in [-0.3, -0.25) is 19.3 Å². The van der Waals surface area contributed by atoms with Gasteiger partial charge in [-0.05, 0) is 10.4 Å². The van der Waals surface area contributed by atoms with Gasteiger partial charge in [-0.15, -0.1) is 28.5 Å². The number of aromatic nitrogens is 4. The van der Waals surface area contributed by atoms with E-state index in [-0.39, 0.29) is 34.0 Å². The van der Waals surface area contributed by atoms with Gasteiger partial charge in [0.1, 0.15) is 17.4 Å². The fourth-order valence-electron chi connectivity index (χ4n) is 2.71. The Morgan fingerprint density at radius 3 is 2.57 bits per heavy atom. The summed E-state index contributed by atoms with van der Waals surface area (Å²) >= 11 is 8.97. The summed E-state index contributed by atoms with van der Waals surface area (Å²) in [6, 6.07) is 0. The van der Waals surface area contributed by atoms with E-state index < -0.39 is 16.8 Å². The number of nitrogens with zero attached hydrogens (tertiary/aromatic N) is 5. The lowest BCUT2D eigenvalue weighted by Crippen LogP contribution is -2.64. The van der Waals surface area contributed by atoms with Crippen LogP contribution in [0.5, 0.6) is 0 Å². The highest BCUT2D eigenvalue weighted by Gasteiger charge is 2.56. The van der Waals surface area contributed by atoms with Crippen LogP contribution in [0.2, 0.25) is 0 Å². The summed E-state index contributed by atoms with van der Waals surface area (Å²) < 4.78 is 6.38. The van der Waals surface area contributed by atoms with Crippen LogP contribution in [0.15, 0.2) is 16.4 Å². The van der Waals surface area contributed by atoms with Crippen molar-refractivity contribution in [2.24, 2.45) is 12.5 Å². The van der Waals surface area contributed by atoms with E-state index in [4.69, 9.17) is 16.3 Å². The van der Waals surface area contributed by atoms with Crippen molar-refractivity contribution in [1.29, 1.82) is 0 Å². The standard InChI is InChI=1S/C16H20ClN5O4S2/c1-7(23)26-6-8-10(11(24)16(2,3)4)22-12(25)9(17)13(22)27-14(8)28-15-18-19-20-21(15)5/h9,13-14H,6H2,1-5H3/t9-,13+,14?/m0/s1. The Labute approximate surface area is 175 Å². The van der Waals surface area contributed by atoms with Crippen LogP contribution < -0.4 is 0 Å². The smallest absolute Gasteiger partial charge is 0.302 e. The third-order valence-corrected chi connectivity index (χ3v) is 7.74. The van der Waals surface area contributed by atoms with Gasteiger partial charge in [0, 0.05) is 25.0 Å². The molecule has 0 spiro atoms. The summed E-state index contributed by atoms with van der Waals surface area (Å²) in [7, 11) is 1.70. The number of esters is 1. The van der Waals surface area contributed by atoms with E-state index in [0.717, 1.165) is 0 Å². The van der Waals surface area contributed by atoms with E-state index in [0.29, 0.717) is 10.7 Å². The van der Waals surface area contributed by atoms with Crippen molar-refractivity contribution in [1.82, 2.24) is 25.1 Å². The molecule has 12 heteroatoms. The molecular formula is C16H20ClN5O4S2. The zero-order valence-electron chi connectivity index (χ0n) is 16.0. The molecule has 0 aromatic carbocycles. The predicted molar refractivity (Wildman–Crippen MR) is 104 cm³/mol. The number of carbonyl (C=O) groups is 3. The quantitative estimate of drug-likeness (QED) is 0.379. The SMILES string of the molecule is CC(=O)OCC1=C(C(=O)C(C)(C)C)N2C(=O)[C@H](Cl)[C@H]2SC1Sc1nnnn1C. The molecule has 0 N–H and O–H groups in total. The lowest BCUT2D eigenvalue weighted by Gasteiger charge is -2.50. The molecule has 0 aliphatic carbocycles. The zero-order valence-corrected chi connectivity index (χ0v) is 18.4. The third kappa shape index (κ3) is 3.79. The molecule has 1 unspecified atom stereocenters. The first-order valence-corrected chi connectivity index (χ1v) is 10.7. The maximum Gasteiger partial charge on any atom is 0.302 e. The fraction of sp³-hybridized carbons (Fsp3) is 0.625. The fourth-order valence-corrected chi connectivity index (χ4v) is 5.90. The van der Waals surface area contributed by atoms with Crippen LogP contribution in [0.25, 0.3) is 0 Å². The number of halogens is 1. The van der Waals surface area contributed by atoms with Gasteiger partial charge >= 0.3 is 5.97 Å². The number of tetrazole rings is 1. The lowest BCUT2D eigenvalue weighted by atomic mass is 9.86. The maximum absolute atomic E-state index is 13.2. The Balaban J connectivity index is 2.08. The van der Waals surface area contributed by atoms with Crippen molar-refractivity contribution in [3.05, 3.63) is 11.3 Å². The molecule has 3 rings (SSSR count). The predicted octanol–water partition coefficient (Wildman–Crippen LogP) is 1.58. The minimum atomic E-state index is -0.734. The Bertz CT molecular complexity index is 865. The third-order valence-electron chi connectivity index (χ3n) is 4.19. The van der Waals surface area contributed by atoms with Gasteiger partial charge in [0.2, 0.25) is 11.1 Å². The Morgan fingerprint density at radius 1 is 1.36 bits per heavy atom. The minimum Gasteiger partial charge on any atom is -0.461 e. The molecule has 2 aliphatic rings. The summed E-state index contributed by atoms with van der Waals surface area (Å²) in [6.45, 7) is 6.52. The molecule has 3 heterocycles. The molecule has 152 valence electrons. The first-order chi connectivity index (χ1) is 13.0. The number of carbonyl (C=O) groups excluding carboxylic acids is 3. The number of alkyl halides is 1. The molecule has 1 aromatic heterocycles. The van der Waals surface area contributed by atoms with Gasteiger partial charge in [-0.2, -0.15) is 0 Å². The number of ether oxygens (including phenoxy) is 1. The van der Waals surface area contributed by atoms with E-state index in [2.05, 4.69) is 15.5 Å². The van der Waals surface area contributed by atoms with Gasteiger partial charge in [0.05, 0.1) is 10.3 Å². The van der Waals surface area contributed by atoms with E-state index in [9.17, 15) is 14.4 Å². The number of β-lactam (4-membered cyclic amide) rings is 1. The summed E-state index contributed by atoms with van der Waals surface area (Å²) in [5.74, 6) is -1.01. The lowest BCUT2D eigenvalue weighted by molar-refractivity contribution is -0.142. The largest absolute Gasteiger partial charge is 0.461 e. The molecule has 3 atom stereocenters. The molecule has 28 heavy (non-hydrogen) atoms. The molecule has 1 fully saturated rings. The highest BCUT2D eigenvalue weighted by atomic mass is 35.5. The monoisotopic (exact) mass is 445 g/mol. The Hall–Kier alpha value is -1.59. The van der Waals surface area contributed by atoms with Gasteiger partial charge in [0.15, 0.2) is 5.78 Å². The molecule has 0 radical (unpaired) electrons. The van der Waals surface area contributed by atoms with Crippen molar-refractivity contribution in [2.75, 3.05) is 6.61 Å². The zero-order chi connectivity index (χ0) is 20.8. The van der Waals surface area contributed by atoms with Crippen molar-refractivity contribution >= 4 is 52.8 Å². The Kier molecular flexibility index (Phi) is 5.79.